The summed E-state index contributed by atoms with van der Waals surface area (Å²) in [5, 5.41) is 0. The largest absolute Gasteiger partial charge is 0.490 e. The molecule has 6 nitrogen and oxygen atoms in total. The van der Waals surface area contributed by atoms with Crippen molar-refractivity contribution >= 4 is 0 Å². The second-order valence-corrected chi connectivity index (χ2v) is 9.72. The van der Waals surface area contributed by atoms with Gasteiger partial charge in [-0.1, -0.05) is 52.2 Å². The van der Waals surface area contributed by atoms with Gasteiger partial charge in [0.15, 0.2) is 0 Å². The molecule has 0 saturated carbocycles. The van der Waals surface area contributed by atoms with E-state index in [1.54, 1.807) is 14.2 Å². The van der Waals surface area contributed by atoms with Crippen LogP contribution in [0.2, 0.25) is 0 Å². The Morgan fingerprint density at radius 3 is 1.84 bits per heavy atom. The summed E-state index contributed by atoms with van der Waals surface area (Å²) in [6.07, 6.45) is 7.07. The van der Waals surface area contributed by atoms with Crippen LogP contribution in [0.25, 0.3) is 0 Å². The summed E-state index contributed by atoms with van der Waals surface area (Å²) in [5.74, 6) is 2.23. The van der Waals surface area contributed by atoms with Crippen LogP contribution in [0.1, 0.15) is 81.0 Å². The van der Waals surface area contributed by atoms with Crippen LogP contribution in [0.4, 0.5) is 0 Å². The van der Waals surface area contributed by atoms with Crippen LogP contribution < -0.4 is 9.47 Å². The lowest BCUT2D eigenvalue weighted by Gasteiger charge is -2.19. The van der Waals surface area contributed by atoms with Gasteiger partial charge in [-0.3, -0.25) is 0 Å². The van der Waals surface area contributed by atoms with Gasteiger partial charge >= 0.3 is 0 Å². The van der Waals surface area contributed by atoms with Crippen molar-refractivity contribution in [3.63, 3.8) is 0 Å². The van der Waals surface area contributed by atoms with Crippen molar-refractivity contribution in [2.75, 3.05) is 53.9 Å². The summed E-state index contributed by atoms with van der Waals surface area (Å²) in [5.41, 5.74) is 4.71. The maximum Gasteiger partial charge on any atom is 0.130 e. The zero-order chi connectivity index (χ0) is 27.4. The lowest BCUT2D eigenvalue weighted by atomic mass is 9.99. The highest BCUT2D eigenvalue weighted by molar-refractivity contribution is 5.44. The predicted octanol–water partition coefficient (Wildman–Crippen LogP) is 7.11. The molecule has 1 atom stereocenters. The Hall–Kier alpha value is -2.12. The number of benzene rings is 2. The molecular weight excluding hydrogens is 480 g/mol. The first-order valence-corrected chi connectivity index (χ1v) is 14.3. The molecule has 0 aliphatic heterocycles. The first-order chi connectivity index (χ1) is 18.6. The van der Waals surface area contributed by atoms with E-state index in [4.69, 9.17) is 28.4 Å². The average Bonchev–Trinajstić information content (AvgIpc) is 2.94. The highest BCUT2D eigenvalue weighted by Gasteiger charge is 2.14. The van der Waals surface area contributed by atoms with Crippen LogP contribution in [0.5, 0.6) is 11.5 Å². The minimum absolute atomic E-state index is 0.430. The molecule has 0 aliphatic carbocycles. The van der Waals surface area contributed by atoms with E-state index in [2.05, 4.69) is 45.0 Å². The van der Waals surface area contributed by atoms with Crippen LogP contribution in [0.15, 0.2) is 36.4 Å². The average molecular weight is 531 g/mol. The van der Waals surface area contributed by atoms with Gasteiger partial charge in [0.05, 0.1) is 39.6 Å². The van der Waals surface area contributed by atoms with Crippen molar-refractivity contribution in [3.8, 4) is 11.5 Å². The van der Waals surface area contributed by atoms with Gasteiger partial charge < -0.3 is 28.4 Å². The Labute approximate surface area is 230 Å². The zero-order valence-electron chi connectivity index (χ0n) is 24.4. The van der Waals surface area contributed by atoms with Gasteiger partial charge in [-0.05, 0) is 60.6 Å². The predicted molar refractivity (Wildman–Crippen MR) is 153 cm³/mol. The Bertz CT molecular complexity index is 834. The normalized spacial score (nSPS) is 12.0. The Kier molecular flexibility index (Phi) is 16.8. The summed E-state index contributed by atoms with van der Waals surface area (Å²) in [4.78, 5) is 0. The van der Waals surface area contributed by atoms with Gasteiger partial charge in [0.25, 0.3) is 0 Å². The molecule has 0 aliphatic rings. The van der Waals surface area contributed by atoms with E-state index in [1.807, 2.05) is 12.1 Å². The Balaban J connectivity index is 2.11. The first-order valence-electron chi connectivity index (χ1n) is 14.3. The molecule has 0 radical (unpaired) electrons. The van der Waals surface area contributed by atoms with E-state index >= 15 is 0 Å². The van der Waals surface area contributed by atoms with Crippen molar-refractivity contribution in [2.24, 2.45) is 0 Å². The molecule has 0 heterocycles. The number of aryl methyl sites for hydroxylation is 1. The van der Waals surface area contributed by atoms with Crippen LogP contribution in [-0.4, -0.2) is 53.9 Å². The smallest absolute Gasteiger partial charge is 0.130 e. The molecule has 2 aromatic carbocycles. The molecule has 1 unspecified atom stereocenters. The Morgan fingerprint density at radius 2 is 1.29 bits per heavy atom. The van der Waals surface area contributed by atoms with Crippen molar-refractivity contribution in [2.45, 2.75) is 78.4 Å². The Morgan fingerprint density at radius 1 is 0.684 bits per heavy atom. The number of hydrogen-bond acceptors (Lipinski definition) is 6. The monoisotopic (exact) mass is 530 g/mol. The van der Waals surface area contributed by atoms with E-state index in [-0.39, 0.29) is 0 Å². The van der Waals surface area contributed by atoms with Crippen molar-refractivity contribution < 1.29 is 28.4 Å². The van der Waals surface area contributed by atoms with Crippen LogP contribution in [-0.2, 0) is 38.6 Å². The number of ether oxygens (including phenoxy) is 6. The maximum atomic E-state index is 6.33. The minimum atomic E-state index is 0.430. The fraction of sp³-hybridized carbons (Fsp3) is 0.625. The molecule has 38 heavy (non-hydrogen) atoms. The molecule has 2 aromatic rings. The van der Waals surface area contributed by atoms with Gasteiger partial charge in [-0.2, -0.15) is 0 Å². The van der Waals surface area contributed by atoms with Crippen molar-refractivity contribution in [1.29, 1.82) is 0 Å². The molecule has 0 fully saturated rings. The molecule has 0 saturated heterocycles. The second-order valence-electron chi connectivity index (χ2n) is 9.72. The van der Waals surface area contributed by atoms with E-state index in [1.165, 1.54) is 36.8 Å². The van der Waals surface area contributed by atoms with E-state index < -0.39 is 0 Å². The molecule has 0 N–H and O–H groups in total. The van der Waals surface area contributed by atoms with Crippen LogP contribution in [0.3, 0.4) is 0 Å². The maximum absolute atomic E-state index is 6.33. The second kappa shape index (κ2) is 19.9. The van der Waals surface area contributed by atoms with E-state index in [0.29, 0.717) is 58.8 Å². The fourth-order valence-electron chi connectivity index (χ4n) is 4.21. The van der Waals surface area contributed by atoms with Crippen LogP contribution >= 0.6 is 0 Å². The SMILES string of the molecule is CCCCCCc1cc(COCCOC)c(OCCOc2ccc(C(C)CC)cc2)c(COCCOC)c1. The van der Waals surface area contributed by atoms with Gasteiger partial charge in [-0.25, -0.2) is 0 Å². The van der Waals surface area contributed by atoms with Gasteiger partial charge in [0.1, 0.15) is 24.7 Å². The molecule has 0 amide bonds. The number of hydrogen-bond donors (Lipinski definition) is 0. The number of rotatable bonds is 22. The van der Waals surface area contributed by atoms with Gasteiger partial charge in [0, 0.05) is 25.3 Å². The highest BCUT2D eigenvalue weighted by atomic mass is 16.5. The topological polar surface area (TPSA) is 55.4 Å². The van der Waals surface area contributed by atoms with E-state index in [9.17, 15) is 0 Å². The third kappa shape index (κ3) is 12.2. The molecule has 214 valence electrons. The summed E-state index contributed by atoms with van der Waals surface area (Å²) in [7, 11) is 3.37. The number of methoxy groups -OCH3 is 2. The molecule has 0 bridgehead atoms. The summed E-state index contributed by atoms with van der Waals surface area (Å²) in [6, 6.07) is 12.8. The first kappa shape index (κ1) is 32.1. The lowest BCUT2D eigenvalue weighted by molar-refractivity contribution is 0.0566. The third-order valence-corrected chi connectivity index (χ3v) is 6.66. The molecule has 0 aromatic heterocycles. The molecule has 0 spiro atoms. The summed E-state index contributed by atoms with van der Waals surface area (Å²) < 4.78 is 34.5. The lowest BCUT2D eigenvalue weighted by Crippen LogP contribution is -2.13. The summed E-state index contributed by atoms with van der Waals surface area (Å²) in [6.45, 7) is 10.7. The van der Waals surface area contributed by atoms with E-state index in [0.717, 1.165) is 35.5 Å². The minimum Gasteiger partial charge on any atom is -0.490 e. The quantitative estimate of drug-likeness (QED) is 0.151. The zero-order valence-corrected chi connectivity index (χ0v) is 24.4. The molecular formula is C32H50O6. The standard InChI is InChI=1S/C32H50O6/c1-6-8-9-10-11-27-22-29(24-35-18-16-33-4)32(30(23-27)25-36-19-17-34-5)38-21-20-37-31-14-12-28(13-15-31)26(3)7-2/h12-15,22-23,26H,6-11,16-21,24-25H2,1-5H3. The highest BCUT2D eigenvalue weighted by Crippen LogP contribution is 2.29. The van der Waals surface area contributed by atoms with Crippen molar-refractivity contribution in [1.82, 2.24) is 0 Å². The van der Waals surface area contributed by atoms with Crippen molar-refractivity contribution in [3.05, 3.63) is 58.7 Å². The third-order valence-electron chi connectivity index (χ3n) is 6.66. The van der Waals surface area contributed by atoms with Gasteiger partial charge in [0.2, 0.25) is 0 Å². The van der Waals surface area contributed by atoms with Crippen LogP contribution in [0, 0.1) is 0 Å². The fourth-order valence-corrected chi connectivity index (χ4v) is 4.21. The molecule has 6 heteroatoms. The molecule has 2 rings (SSSR count). The number of unbranched alkanes of at least 4 members (excludes halogenated alkanes) is 3. The van der Waals surface area contributed by atoms with Gasteiger partial charge in [-0.15, -0.1) is 0 Å². The summed E-state index contributed by atoms with van der Waals surface area (Å²) >= 11 is 0.